The Bertz CT molecular complexity index is 1170. The van der Waals surface area contributed by atoms with E-state index >= 15 is 0 Å². The van der Waals surface area contributed by atoms with E-state index in [2.05, 4.69) is 16.0 Å². The molecule has 0 saturated heterocycles. The number of nitrogens with zero attached hydrogens (tertiary/aromatic N) is 3. The SMILES string of the molecule is C#CCCC1CCCC(C(=O)c2ncn(Cc3ccc(-c4ccccc4C(=O)O)cc3)n2)C1. The van der Waals surface area contributed by atoms with Crippen molar-refractivity contribution in [1.29, 1.82) is 0 Å². The fourth-order valence-corrected chi connectivity index (χ4v) is 4.64. The van der Waals surface area contributed by atoms with Crippen LogP contribution in [0.3, 0.4) is 0 Å². The molecule has 0 bridgehead atoms. The third-order valence-electron chi connectivity index (χ3n) is 6.37. The average Bonchev–Trinajstić information content (AvgIpc) is 3.31. The van der Waals surface area contributed by atoms with Crippen LogP contribution in [0.5, 0.6) is 0 Å². The second kappa shape index (κ2) is 10.3. The first-order chi connectivity index (χ1) is 16.0. The van der Waals surface area contributed by atoms with Crippen LogP contribution in [-0.2, 0) is 6.54 Å². The van der Waals surface area contributed by atoms with E-state index in [-0.39, 0.29) is 23.1 Å². The van der Waals surface area contributed by atoms with E-state index in [1.54, 1.807) is 29.2 Å². The van der Waals surface area contributed by atoms with Crippen LogP contribution >= 0.6 is 0 Å². The number of benzene rings is 2. The zero-order valence-corrected chi connectivity index (χ0v) is 18.5. The average molecular weight is 442 g/mol. The fourth-order valence-electron chi connectivity index (χ4n) is 4.64. The Hall–Kier alpha value is -3.72. The van der Waals surface area contributed by atoms with Gasteiger partial charge in [0.2, 0.25) is 11.6 Å². The highest BCUT2D eigenvalue weighted by Crippen LogP contribution is 2.33. The number of Topliss-reactive ketones (excluding diaryl/α,β-unsaturated/α-hetero) is 1. The topological polar surface area (TPSA) is 85.1 Å². The molecule has 1 N–H and O–H groups in total. The Labute approximate surface area is 193 Å². The standard InChI is InChI=1S/C27H27N3O3/c1-2-3-7-19-8-6-9-22(16-19)25(31)26-28-18-30(29-26)17-20-12-14-21(15-13-20)23-10-4-5-11-24(23)27(32)33/h1,4-5,10-15,18-19,22H,3,6-9,16-17H2,(H,32,33). The highest BCUT2D eigenvalue weighted by molar-refractivity contribution is 5.96. The monoisotopic (exact) mass is 441 g/mol. The van der Waals surface area contributed by atoms with Crippen LogP contribution in [0, 0.1) is 24.2 Å². The number of ketones is 1. The third kappa shape index (κ3) is 5.38. The fraction of sp³-hybridized carbons (Fsp3) is 0.333. The molecule has 1 saturated carbocycles. The molecule has 0 radical (unpaired) electrons. The molecule has 1 fully saturated rings. The zero-order chi connectivity index (χ0) is 23.2. The van der Waals surface area contributed by atoms with Crippen LogP contribution in [0.15, 0.2) is 54.9 Å². The Morgan fingerprint density at radius 2 is 1.91 bits per heavy atom. The summed E-state index contributed by atoms with van der Waals surface area (Å²) < 4.78 is 1.67. The molecular weight excluding hydrogens is 414 g/mol. The van der Waals surface area contributed by atoms with Crippen LogP contribution < -0.4 is 0 Å². The van der Waals surface area contributed by atoms with Gasteiger partial charge in [-0.1, -0.05) is 55.3 Å². The first kappa shape index (κ1) is 22.5. The molecular formula is C27H27N3O3. The van der Waals surface area contributed by atoms with Gasteiger partial charge in [0.05, 0.1) is 12.1 Å². The summed E-state index contributed by atoms with van der Waals surface area (Å²) in [4.78, 5) is 28.7. The molecule has 33 heavy (non-hydrogen) atoms. The molecule has 1 aliphatic rings. The van der Waals surface area contributed by atoms with Gasteiger partial charge in [0.15, 0.2) is 0 Å². The van der Waals surface area contributed by atoms with Gasteiger partial charge < -0.3 is 5.11 Å². The molecule has 0 amide bonds. The van der Waals surface area contributed by atoms with Gasteiger partial charge in [-0.25, -0.2) is 14.5 Å². The summed E-state index contributed by atoms with van der Waals surface area (Å²) in [7, 11) is 0. The van der Waals surface area contributed by atoms with E-state index in [9.17, 15) is 14.7 Å². The highest BCUT2D eigenvalue weighted by Gasteiger charge is 2.29. The van der Waals surface area contributed by atoms with Gasteiger partial charge >= 0.3 is 5.97 Å². The van der Waals surface area contributed by atoms with Gasteiger partial charge in [-0.3, -0.25) is 4.79 Å². The molecule has 168 valence electrons. The van der Waals surface area contributed by atoms with Crippen molar-refractivity contribution in [2.45, 2.75) is 45.1 Å². The van der Waals surface area contributed by atoms with Crippen molar-refractivity contribution in [2.24, 2.45) is 11.8 Å². The lowest BCUT2D eigenvalue weighted by Crippen LogP contribution is -2.24. The molecule has 2 atom stereocenters. The molecule has 3 aromatic rings. The van der Waals surface area contributed by atoms with Crippen molar-refractivity contribution < 1.29 is 14.7 Å². The number of carbonyl (C=O) groups excluding carboxylic acids is 1. The Balaban J connectivity index is 1.41. The Morgan fingerprint density at radius 1 is 1.12 bits per heavy atom. The van der Waals surface area contributed by atoms with Crippen molar-refractivity contribution in [1.82, 2.24) is 14.8 Å². The van der Waals surface area contributed by atoms with Crippen LogP contribution in [-0.4, -0.2) is 31.6 Å². The van der Waals surface area contributed by atoms with Gasteiger partial charge in [-0.2, -0.15) is 0 Å². The number of carboxylic acids is 1. The number of aromatic nitrogens is 3. The van der Waals surface area contributed by atoms with Crippen molar-refractivity contribution in [3.05, 3.63) is 71.8 Å². The molecule has 2 unspecified atom stereocenters. The highest BCUT2D eigenvalue weighted by atomic mass is 16.4. The van der Waals surface area contributed by atoms with Gasteiger partial charge in [-0.05, 0) is 47.9 Å². The molecule has 2 aromatic carbocycles. The molecule has 0 spiro atoms. The van der Waals surface area contributed by atoms with E-state index in [1.807, 2.05) is 30.3 Å². The first-order valence-electron chi connectivity index (χ1n) is 11.3. The summed E-state index contributed by atoms with van der Waals surface area (Å²) in [5.74, 6) is 2.55. The largest absolute Gasteiger partial charge is 0.478 e. The van der Waals surface area contributed by atoms with Gasteiger partial charge in [0.1, 0.15) is 6.33 Å². The second-order valence-electron chi connectivity index (χ2n) is 8.65. The number of carboxylic acid groups (broad SMARTS) is 1. The minimum absolute atomic E-state index is 0.0223. The number of hydrogen-bond donors (Lipinski definition) is 1. The van der Waals surface area contributed by atoms with Gasteiger partial charge in [0.25, 0.3) is 0 Å². The van der Waals surface area contributed by atoms with Crippen LogP contribution in [0.4, 0.5) is 0 Å². The van der Waals surface area contributed by atoms with Crippen molar-refractivity contribution >= 4 is 11.8 Å². The zero-order valence-electron chi connectivity index (χ0n) is 18.5. The quantitative estimate of drug-likeness (QED) is 0.389. The minimum atomic E-state index is -0.949. The lowest BCUT2D eigenvalue weighted by molar-refractivity contribution is 0.0697. The molecule has 4 rings (SSSR count). The summed E-state index contributed by atoms with van der Waals surface area (Å²) in [6.07, 6.45) is 12.7. The summed E-state index contributed by atoms with van der Waals surface area (Å²) >= 11 is 0. The number of hydrogen-bond acceptors (Lipinski definition) is 4. The molecule has 6 heteroatoms. The molecule has 1 heterocycles. The predicted molar refractivity (Wildman–Crippen MR) is 126 cm³/mol. The number of terminal acetylenes is 1. The van der Waals surface area contributed by atoms with E-state index in [0.29, 0.717) is 18.0 Å². The molecule has 6 nitrogen and oxygen atoms in total. The van der Waals surface area contributed by atoms with Gasteiger partial charge in [0, 0.05) is 12.3 Å². The molecule has 1 aliphatic carbocycles. The van der Waals surface area contributed by atoms with Gasteiger partial charge in [-0.15, -0.1) is 17.4 Å². The lowest BCUT2D eigenvalue weighted by atomic mass is 9.77. The van der Waals surface area contributed by atoms with E-state index in [1.165, 1.54) is 0 Å². The molecule has 0 aliphatic heterocycles. The number of rotatable bonds is 8. The van der Waals surface area contributed by atoms with Crippen LogP contribution in [0.25, 0.3) is 11.1 Å². The molecule has 1 aromatic heterocycles. The second-order valence-corrected chi connectivity index (χ2v) is 8.65. The first-order valence-corrected chi connectivity index (χ1v) is 11.3. The maximum Gasteiger partial charge on any atom is 0.336 e. The van der Waals surface area contributed by atoms with E-state index < -0.39 is 5.97 Å². The summed E-state index contributed by atoms with van der Waals surface area (Å²) in [6.45, 7) is 0.483. The van der Waals surface area contributed by atoms with Crippen LogP contribution in [0.2, 0.25) is 0 Å². The van der Waals surface area contributed by atoms with Crippen molar-refractivity contribution in [3.63, 3.8) is 0 Å². The number of aromatic carboxylic acids is 1. The Kier molecular flexibility index (Phi) is 6.99. The van der Waals surface area contributed by atoms with Crippen LogP contribution in [0.1, 0.15) is 65.1 Å². The van der Waals surface area contributed by atoms with Crippen molar-refractivity contribution in [2.75, 3.05) is 0 Å². The summed E-state index contributed by atoms with van der Waals surface area (Å²) in [6, 6.07) is 14.6. The number of carbonyl (C=O) groups is 2. The lowest BCUT2D eigenvalue weighted by Gasteiger charge is -2.27. The maximum atomic E-state index is 12.9. The summed E-state index contributed by atoms with van der Waals surface area (Å²) in [5, 5.41) is 13.8. The predicted octanol–water partition coefficient (Wildman–Crippen LogP) is 5.09. The maximum absolute atomic E-state index is 12.9. The Morgan fingerprint density at radius 3 is 2.67 bits per heavy atom. The normalized spacial score (nSPS) is 17.9. The van der Waals surface area contributed by atoms with Crippen molar-refractivity contribution in [3.8, 4) is 23.5 Å². The summed E-state index contributed by atoms with van der Waals surface area (Å²) in [5.41, 5.74) is 2.78. The van der Waals surface area contributed by atoms with E-state index in [4.69, 9.17) is 6.42 Å². The minimum Gasteiger partial charge on any atom is -0.478 e. The third-order valence-corrected chi connectivity index (χ3v) is 6.37. The smallest absolute Gasteiger partial charge is 0.336 e. The van der Waals surface area contributed by atoms with E-state index in [0.717, 1.165) is 49.7 Å².